The van der Waals surface area contributed by atoms with Crippen LogP contribution in [0.2, 0.25) is 0 Å². The van der Waals surface area contributed by atoms with Gasteiger partial charge in [-0.3, -0.25) is 4.98 Å². The lowest BCUT2D eigenvalue weighted by Crippen LogP contribution is -2.47. The molecule has 1 fully saturated rings. The third-order valence-corrected chi connectivity index (χ3v) is 3.64. The van der Waals surface area contributed by atoms with Crippen molar-refractivity contribution < 1.29 is 0 Å². The van der Waals surface area contributed by atoms with Crippen LogP contribution in [0.25, 0.3) is 0 Å². The second kappa shape index (κ2) is 6.55. The van der Waals surface area contributed by atoms with Gasteiger partial charge >= 0.3 is 0 Å². The Kier molecular flexibility index (Phi) is 4.32. The summed E-state index contributed by atoms with van der Waals surface area (Å²) in [6.45, 7) is 8.48. The molecule has 22 heavy (non-hydrogen) atoms. The molecule has 0 aliphatic carbocycles. The van der Waals surface area contributed by atoms with Crippen molar-refractivity contribution >= 4 is 17.6 Å². The van der Waals surface area contributed by atoms with E-state index in [9.17, 15) is 0 Å². The molecule has 0 bridgehead atoms. The first-order valence-electron chi connectivity index (χ1n) is 7.61. The molecule has 0 amide bonds. The van der Waals surface area contributed by atoms with Crippen LogP contribution >= 0.6 is 0 Å². The topological polar surface area (TPSA) is 70.1 Å². The molecule has 0 atom stereocenters. The van der Waals surface area contributed by atoms with E-state index in [1.54, 1.807) is 12.4 Å². The maximum atomic E-state index is 4.60. The Morgan fingerprint density at radius 2 is 1.86 bits per heavy atom. The molecule has 3 rings (SSSR count). The van der Waals surface area contributed by atoms with Gasteiger partial charge in [0.15, 0.2) is 0 Å². The second-order valence-corrected chi connectivity index (χ2v) is 5.26. The monoisotopic (exact) mass is 299 g/mol. The first-order chi connectivity index (χ1) is 10.8. The van der Waals surface area contributed by atoms with Crippen LogP contribution in [0.1, 0.15) is 12.6 Å². The van der Waals surface area contributed by atoms with Crippen LogP contribution in [-0.4, -0.2) is 52.7 Å². The van der Waals surface area contributed by atoms with E-state index in [0.717, 1.165) is 56.0 Å². The van der Waals surface area contributed by atoms with E-state index in [2.05, 4.69) is 42.0 Å². The molecule has 116 valence electrons. The predicted octanol–water partition coefficient (Wildman–Crippen LogP) is 1.33. The Hall–Kier alpha value is -2.44. The lowest BCUT2D eigenvalue weighted by atomic mass is 10.3. The maximum absolute atomic E-state index is 4.60. The third-order valence-electron chi connectivity index (χ3n) is 3.64. The molecule has 7 nitrogen and oxygen atoms in total. The number of piperazine rings is 1. The maximum Gasteiger partial charge on any atom is 0.227 e. The highest BCUT2D eigenvalue weighted by Crippen LogP contribution is 2.17. The van der Waals surface area contributed by atoms with E-state index in [4.69, 9.17) is 0 Å². The molecule has 1 saturated heterocycles. The minimum Gasteiger partial charge on any atom is -0.370 e. The molecule has 0 spiro atoms. The highest BCUT2D eigenvalue weighted by atomic mass is 15.3. The van der Waals surface area contributed by atoms with Gasteiger partial charge in [-0.25, -0.2) is 9.97 Å². The smallest absolute Gasteiger partial charge is 0.227 e. The number of hydrogen-bond donors (Lipinski definition) is 1. The Balaban J connectivity index is 1.68. The van der Waals surface area contributed by atoms with Gasteiger partial charge in [-0.1, -0.05) is 0 Å². The molecule has 0 aromatic carbocycles. The summed E-state index contributed by atoms with van der Waals surface area (Å²) in [5.74, 6) is 2.62. The zero-order chi connectivity index (χ0) is 15.4. The summed E-state index contributed by atoms with van der Waals surface area (Å²) in [5.41, 5.74) is 0.984. The summed E-state index contributed by atoms with van der Waals surface area (Å²) in [7, 11) is 0. The lowest BCUT2D eigenvalue weighted by molar-refractivity contribution is 0.633. The number of hydrogen-bond acceptors (Lipinski definition) is 7. The van der Waals surface area contributed by atoms with E-state index in [-0.39, 0.29) is 0 Å². The molecule has 7 heteroatoms. The summed E-state index contributed by atoms with van der Waals surface area (Å²) in [6, 6.07) is 1.98. The summed E-state index contributed by atoms with van der Waals surface area (Å²) in [6.07, 6.45) is 5.23. The fraction of sp³-hybridized carbons (Fsp3) is 0.467. The molecule has 1 N–H and O–H groups in total. The third kappa shape index (κ3) is 3.24. The first-order valence-corrected chi connectivity index (χ1v) is 7.61. The SMILES string of the molecule is CCNc1cc(C)nc(N2CCN(c3cnccn3)CC2)n1. The van der Waals surface area contributed by atoms with Crippen molar-refractivity contribution in [3.8, 4) is 0 Å². The Morgan fingerprint density at radius 3 is 2.55 bits per heavy atom. The highest BCUT2D eigenvalue weighted by molar-refractivity contribution is 5.45. The van der Waals surface area contributed by atoms with Gasteiger partial charge in [0, 0.05) is 56.9 Å². The molecule has 1 aliphatic heterocycles. The van der Waals surface area contributed by atoms with E-state index in [0.29, 0.717) is 0 Å². The van der Waals surface area contributed by atoms with Crippen molar-refractivity contribution in [3.63, 3.8) is 0 Å². The quantitative estimate of drug-likeness (QED) is 0.913. The first kappa shape index (κ1) is 14.5. The van der Waals surface area contributed by atoms with Crippen LogP contribution in [-0.2, 0) is 0 Å². The van der Waals surface area contributed by atoms with E-state index < -0.39 is 0 Å². The largest absolute Gasteiger partial charge is 0.370 e. The standard InChI is InChI=1S/C15H21N7/c1-3-17-13-10-12(2)19-15(20-13)22-8-6-21(7-9-22)14-11-16-4-5-18-14/h4-5,10-11H,3,6-9H2,1-2H3,(H,17,19,20). The van der Waals surface area contributed by atoms with E-state index in [1.807, 2.05) is 19.2 Å². The average Bonchev–Trinajstić information content (AvgIpc) is 2.56. The molecule has 1 aliphatic rings. The second-order valence-electron chi connectivity index (χ2n) is 5.26. The minimum atomic E-state index is 0.801. The minimum absolute atomic E-state index is 0.801. The number of nitrogens with zero attached hydrogens (tertiary/aromatic N) is 6. The van der Waals surface area contributed by atoms with Crippen LogP contribution < -0.4 is 15.1 Å². The summed E-state index contributed by atoms with van der Waals surface area (Å²) < 4.78 is 0. The summed E-state index contributed by atoms with van der Waals surface area (Å²) in [5, 5.41) is 3.26. The van der Waals surface area contributed by atoms with Crippen LogP contribution in [0.3, 0.4) is 0 Å². The van der Waals surface area contributed by atoms with Crippen LogP contribution in [0.15, 0.2) is 24.7 Å². The number of aryl methyl sites for hydroxylation is 1. The number of aromatic nitrogens is 4. The van der Waals surface area contributed by atoms with Crippen molar-refractivity contribution in [2.45, 2.75) is 13.8 Å². The van der Waals surface area contributed by atoms with E-state index >= 15 is 0 Å². The lowest BCUT2D eigenvalue weighted by Gasteiger charge is -2.35. The van der Waals surface area contributed by atoms with Gasteiger partial charge in [0.25, 0.3) is 0 Å². The normalized spacial score (nSPS) is 15.0. The Bertz CT molecular complexity index is 609. The molecular formula is C15H21N7. The average molecular weight is 299 g/mol. The summed E-state index contributed by atoms with van der Waals surface area (Å²) in [4.78, 5) is 22.1. The molecule has 2 aromatic heterocycles. The van der Waals surface area contributed by atoms with Crippen LogP contribution in [0, 0.1) is 6.92 Å². The fourth-order valence-corrected chi connectivity index (χ4v) is 2.56. The molecule has 0 saturated carbocycles. The molecule has 3 heterocycles. The Morgan fingerprint density at radius 1 is 1.09 bits per heavy atom. The summed E-state index contributed by atoms with van der Waals surface area (Å²) >= 11 is 0. The van der Waals surface area contributed by atoms with Gasteiger partial charge in [-0.2, -0.15) is 4.98 Å². The molecule has 0 unspecified atom stereocenters. The number of rotatable bonds is 4. The van der Waals surface area contributed by atoms with Gasteiger partial charge < -0.3 is 15.1 Å². The van der Waals surface area contributed by atoms with Gasteiger partial charge in [0.05, 0.1) is 6.20 Å². The zero-order valence-corrected chi connectivity index (χ0v) is 13.0. The molecular weight excluding hydrogens is 278 g/mol. The highest BCUT2D eigenvalue weighted by Gasteiger charge is 2.20. The van der Waals surface area contributed by atoms with Gasteiger partial charge in [-0.15, -0.1) is 0 Å². The van der Waals surface area contributed by atoms with Crippen molar-refractivity contribution in [3.05, 3.63) is 30.4 Å². The van der Waals surface area contributed by atoms with Crippen molar-refractivity contribution in [2.24, 2.45) is 0 Å². The number of anilines is 3. The molecule has 0 radical (unpaired) electrons. The van der Waals surface area contributed by atoms with E-state index in [1.165, 1.54) is 0 Å². The van der Waals surface area contributed by atoms with Crippen molar-refractivity contribution in [1.29, 1.82) is 0 Å². The van der Waals surface area contributed by atoms with Gasteiger partial charge in [0.1, 0.15) is 11.6 Å². The predicted molar refractivity (Wildman–Crippen MR) is 87.4 cm³/mol. The molecule has 2 aromatic rings. The van der Waals surface area contributed by atoms with Crippen LogP contribution in [0.5, 0.6) is 0 Å². The van der Waals surface area contributed by atoms with Crippen molar-refractivity contribution in [1.82, 2.24) is 19.9 Å². The van der Waals surface area contributed by atoms with Gasteiger partial charge in [-0.05, 0) is 13.8 Å². The Labute approximate surface area is 130 Å². The number of nitrogens with one attached hydrogen (secondary N) is 1. The van der Waals surface area contributed by atoms with Gasteiger partial charge in [0.2, 0.25) is 5.95 Å². The zero-order valence-electron chi connectivity index (χ0n) is 13.0. The fourth-order valence-electron chi connectivity index (χ4n) is 2.56. The van der Waals surface area contributed by atoms with Crippen molar-refractivity contribution in [2.75, 3.05) is 47.8 Å². The van der Waals surface area contributed by atoms with Crippen LogP contribution in [0.4, 0.5) is 17.6 Å².